The van der Waals surface area contributed by atoms with Gasteiger partial charge < -0.3 is 9.84 Å². The summed E-state index contributed by atoms with van der Waals surface area (Å²) >= 11 is 0. The van der Waals surface area contributed by atoms with Crippen LogP contribution in [0.4, 0.5) is 0 Å². The maximum atomic E-state index is 13.9. The van der Waals surface area contributed by atoms with Gasteiger partial charge in [-0.2, -0.15) is 4.98 Å². The number of hydrogen-bond acceptors (Lipinski definition) is 6. The van der Waals surface area contributed by atoms with E-state index in [4.69, 9.17) is 14.7 Å². The van der Waals surface area contributed by atoms with Gasteiger partial charge in [0, 0.05) is 46.2 Å². The molecule has 1 fully saturated rings. The number of pyridine rings is 2. The average molecular weight is 460 g/mol. The van der Waals surface area contributed by atoms with Gasteiger partial charge in [0.05, 0.1) is 18.9 Å². The molecule has 1 aliphatic carbocycles. The normalized spacial score (nSPS) is 18.4. The molecule has 0 radical (unpaired) electrons. The van der Waals surface area contributed by atoms with Gasteiger partial charge >= 0.3 is 0 Å². The number of fused-ring (bicyclic) bond motifs is 1. The first-order valence-corrected chi connectivity index (χ1v) is 11.6. The highest BCUT2D eigenvalue weighted by Gasteiger charge is 2.26. The summed E-state index contributed by atoms with van der Waals surface area (Å²) in [5.41, 5.74) is 4.68. The number of hydrogen-bond donors (Lipinski definition) is 1. The maximum absolute atomic E-state index is 13.9. The number of ether oxygens (including phenoxy) is 1. The quantitative estimate of drug-likeness (QED) is 0.495. The van der Waals surface area contributed by atoms with Gasteiger partial charge in [-0.05, 0) is 70.7 Å². The molecule has 176 valence electrons. The van der Waals surface area contributed by atoms with E-state index in [2.05, 4.69) is 4.98 Å². The zero-order valence-electron chi connectivity index (χ0n) is 19.9. The third-order valence-electron chi connectivity index (χ3n) is 6.83. The lowest BCUT2D eigenvalue weighted by Crippen LogP contribution is -2.31. The second-order valence-corrected chi connectivity index (χ2v) is 9.08. The predicted octanol–water partition coefficient (Wildman–Crippen LogP) is 4.05. The van der Waals surface area contributed by atoms with Crippen LogP contribution in [0, 0.1) is 20.8 Å². The highest BCUT2D eigenvalue weighted by Crippen LogP contribution is 2.32. The smallest absolute Gasteiger partial charge is 0.260 e. The maximum Gasteiger partial charge on any atom is 0.260 e. The van der Waals surface area contributed by atoms with E-state index in [0.717, 1.165) is 40.9 Å². The average Bonchev–Trinajstić information content (AvgIpc) is 3.17. The summed E-state index contributed by atoms with van der Waals surface area (Å²) in [6.07, 6.45) is 4.12. The van der Waals surface area contributed by atoms with Gasteiger partial charge in [-0.3, -0.25) is 13.9 Å². The predicted molar refractivity (Wildman–Crippen MR) is 131 cm³/mol. The number of rotatable bonds is 4. The van der Waals surface area contributed by atoms with Crippen molar-refractivity contribution in [2.24, 2.45) is 0 Å². The van der Waals surface area contributed by atoms with E-state index in [1.807, 2.05) is 54.2 Å². The van der Waals surface area contributed by atoms with Gasteiger partial charge in [-0.25, -0.2) is 9.97 Å². The van der Waals surface area contributed by atoms with Crippen LogP contribution in [0.2, 0.25) is 0 Å². The summed E-state index contributed by atoms with van der Waals surface area (Å²) in [6, 6.07) is 9.51. The molecule has 1 N–H and O–H groups in total. The summed E-state index contributed by atoms with van der Waals surface area (Å²) in [4.78, 5) is 28.0. The molecule has 0 aromatic carbocycles. The number of aryl methyl sites for hydroxylation is 3. The Labute approximate surface area is 197 Å². The Morgan fingerprint density at radius 3 is 2.32 bits per heavy atom. The second-order valence-electron chi connectivity index (χ2n) is 9.08. The molecule has 1 aliphatic rings. The van der Waals surface area contributed by atoms with Crippen LogP contribution >= 0.6 is 0 Å². The molecule has 0 unspecified atom stereocenters. The van der Waals surface area contributed by atoms with Crippen molar-refractivity contribution in [3.8, 4) is 23.0 Å². The highest BCUT2D eigenvalue weighted by molar-refractivity contribution is 5.83. The van der Waals surface area contributed by atoms with Crippen molar-refractivity contribution in [2.45, 2.75) is 58.6 Å². The van der Waals surface area contributed by atoms with E-state index in [1.165, 1.54) is 0 Å². The molecule has 0 atom stereocenters. The van der Waals surface area contributed by atoms with Gasteiger partial charge in [0.1, 0.15) is 5.65 Å². The third kappa shape index (κ3) is 3.77. The monoisotopic (exact) mass is 459 g/mol. The highest BCUT2D eigenvalue weighted by atomic mass is 16.5. The standard InChI is InChI=1S/C26H29N5O3/c1-15-5-6-16(2)30(15)26-28-17(3)21-13-22(18-7-12-23(34-4)27-14-18)25(33)31(24(21)29-26)19-8-10-20(32)11-9-19/h5-7,12-14,19-20,32H,8-11H2,1-4H3. The van der Waals surface area contributed by atoms with Crippen molar-refractivity contribution in [2.75, 3.05) is 7.11 Å². The molecule has 8 nitrogen and oxygen atoms in total. The summed E-state index contributed by atoms with van der Waals surface area (Å²) in [5.74, 6) is 1.06. The van der Waals surface area contributed by atoms with Crippen LogP contribution in [0.15, 0.2) is 41.3 Å². The largest absolute Gasteiger partial charge is 0.481 e. The van der Waals surface area contributed by atoms with E-state index in [1.54, 1.807) is 19.4 Å². The fourth-order valence-corrected chi connectivity index (χ4v) is 4.94. The third-order valence-corrected chi connectivity index (χ3v) is 6.83. The number of methoxy groups -OCH3 is 1. The molecule has 4 heterocycles. The Morgan fingerprint density at radius 2 is 1.71 bits per heavy atom. The first-order valence-electron chi connectivity index (χ1n) is 11.6. The van der Waals surface area contributed by atoms with Crippen molar-refractivity contribution >= 4 is 11.0 Å². The second kappa shape index (κ2) is 8.68. The van der Waals surface area contributed by atoms with Crippen molar-refractivity contribution in [1.82, 2.24) is 24.1 Å². The molecular formula is C26H29N5O3. The molecule has 0 aliphatic heterocycles. The van der Waals surface area contributed by atoms with E-state index in [-0.39, 0.29) is 17.7 Å². The summed E-state index contributed by atoms with van der Waals surface area (Å²) in [5, 5.41) is 10.9. The molecule has 8 heteroatoms. The molecule has 1 saturated carbocycles. The van der Waals surface area contributed by atoms with E-state index in [9.17, 15) is 9.90 Å². The van der Waals surface area contributed by atoms with Gasteiger partial charge in [-0.15, -0.1) is 0 Å². The fraction of sp³-hybridized carbons (Fsp3) is 0.385. The van der Waals surface area contributed by atoms with E-state index < -0.39 is 0 Å². The van der Waals surface area contributed by atoms with Gasteiger partial charge in [-0.1, -0.05) is 0 Å². The lowest BCUT2D eigenvalue weighted by molar-refractivity contribution is 0.111. The van der Waals surface area contributed by atoms with Crippen LogP contribution in [0.3, 0.4) is 0 Å². The minimum Gasteiger partial charge on any atom is -0.481 e. The zero-order valence-corrected chi connectivity index (χ0v) is 19.9. The Bertz CT molecular complexity index is 1390. The Kier molecular flexibility index (Phi) is 5.69. The van der Waals surface area contributed by atoms with Gasteiger partial charge in [0.2, 0.25) is 11.8 Å². The summed E-state index contributed by atoms with van der Waals surface area (Å²) in [6.45, 7) is 5.99. The van der Waals surface area contributed by atoms with Crippen LogP contribution < -0.4 is 10.3 Å². The number of aromatic nitrogens is 5. The molecule has 4 aromatic rings. The van der Waals surface area contributed by atoms with Crippen molar-refractivity contribution in [1.29, 1.82) is 0 Å². The van der Waals surface area contributed by atoms with Crippen LogP contribution in [-0.2, 0) is 0 Å². The molecule has 34 heavy (non-hydrogen) atoms. The molecular weight excluding hydrogens is 430 g/mol. The zero-order chi connectivity index (χ0) is 24.0. The minimum atomic E-state index is -0.315. The number of aliphatic hydroxyl groups excluding tert-OH is 1. The van der Waals surface area contributed by atoms with Crippen LogP contribution in [-0.4, -0.2) is 42.4 Å². The Balaban J connectivity index is 1.78. The lowest BCUT2D eigenvalue weighted by Gasteiger charge is -2.28. The molecule has 0 amide bonds. The van der Waals surface area contributed by atoms with Crippen molar-refractivity contribution < 1.29 is 9.84 Å². The molecule has 0 saturated heterocycles. The van der Waals surface area contributed by atoms with E-state index >= 15 is 0 Å². The van der Waals surface area contributed by atoms with Crippen LogP contribution in [0.25, 0.3) is 28.1 Å². The van der Waals surface area contributed by atoms with Crippen LogP contribution in [0.1, 0.15) is 48.8 Å². The van der Waals surface area contributed by atoms with Gasteiger partial charge in [0.25, 0.3) is 5.56 Å². The Hall–Kier alpha value is -3.52. The number of nitrogens with zero attached hydrogens (tertiary/aromatic N) is 5. The van der Waals surface area contributed by atoms with Crippen molar-refractivity contribution in [3.63, 3.8) is 0 Å². The van der Waals surface area contributed by atoms with Crippen molar-refractivity contribution in [3.05, 3.63) is 64.0 Å². The molecule has 5 rings (SSSR count). The van der Waals surface area contributed by atoms with Gasteiger partial charge in [0.15, 0.2) is 0 Å². The lowest BCUT2D eigenvalue weighted by atomic mass is 9.92. The molecule has 0 spiro atoms. The molecule has 0 bridgehead atoms. The first-order chi connectivity index (χ1) is 16.4. The topological polar surface area (TPSA) is 95.1 Å². The van der Waals surface area contributed by atoms with E-state index in [0.29, 0.717) is 35.9 Å². The molecule has 4 aromatic heterocycles. The SMILES string of the molecule is COc1ccc(-c2cc3c(C)nc(-n4c(C)ccc4C)nc3n(C3CCC(O)CC3)c2=O)cn1. The summed E-state index contributed by atoms with van der Waals surface area (Å²) in [7, 11) is 1.56. The number of aliphatic hydroxyl groups is 1. The van der Waals surface area contributed by atoms with Crippen LogP contribution in [0.5, 0.6) is 5.88 Å². The minimum absolute atomic E-state index is 0.0430. The first kappa shape index (κ1) is 22.3. The fourth-order valence-electron chi connectivity index (χ4n) is 4.94. The Morgan fingerprint density at radius 1 is 1.00 bits per heavy atom. The summed E-state index contributed by atoms with van der Waals surface area (Å²) < 4.78 is 9.01.